The molecule has 2 saturated heterocycles. The van der Waals surface area contributed by atoms with Gasteiger partial charge >= 0.3 is 0 Å². The van der Waals surface area contributed by atoms with Crippen molar-refractivity contribution in [2.75, 3.05) is 19.8 Å². The molecule has 0 bridgehead atoms. The molecule has 0 saturated carbocycles. The summed E-state index contributed by atoms with van der Waals surface area (Å²) in [6.07, 6.45) is 8.51. The Labute approximate surface area is 323 Å². The van der Waals surface area contributed by atoms with Crippen LogP contribution >= 0.6 is 0 Å². The van der Waals surface area contributed by atoms with Crippen LogP contribution in [0.5, 0.6) is 0 Å². The van der Waals surface area contributed by atoms with E-state index in [0.717, 1.165) is 38.5 Å². The van der Waals surface area contributed by atoms with E-state index >= 15 is 0 Å². The lowest BCUT2D eigenvalue weighted by molar-refractivity contribution is -0.359. The third kappa shape index (κ3) is 17.9. The van der Waals surface area contributed by atoms with Crippen LogP contribution in [0, 0.1) is 0 Å². The molecule has 318 valence electrons. The predicted molar refractivity (Wildman–Crippen MR) is 203 cm³/mol. The summed E-state index contributed by atoms with van der Waals surface area (Å²) in [6.45, 7) is 2.70. The normalized spacial score (nSPS) is 30.1. The van der Waals surface area contributed by atoms with E-state index in [-0.39, 0.29) is 18.9 Å². The Morgan fingerprint density at radius 1 is 0.648 bits per heavy atom. The van der Waals surface area contributed by atoms with Crippen molar-refractivity contribution >= 4 is 5.91 Å². The van der Waals surface area contributed by atoms with E-state index in [4.69, 9.17) is 18.9 Å². The van der Waals surface area contributed by atoms with Gasteiger partial charge in [-0.2, -0.15) is 0 Å². The highest BCUT2D eigenvalue weighted by atomic mass is 16.7. The molecule has 0 radical (unpaired) electrons. The molecule has 12 unspecified atom stereocenters. The number of rotatable bonds is 30. The van der Waals surface area contributed by atoms with Crippen LogP contribution in [0.2, 0.25) is 0 Å². The molecule has 0 aliphatic carbocycles. The number of unbranched alkanes of at least 4 members (excludes halogenated alkanes) is 17. The number of amides is 1. The number of hydrogen-bond acceptors (Lipinski definition) is 13. The summed E-state index contributed by atoms with van der Waals surface area (Å²) in [5.41, 5.74) is 0. The third-order valence-electron chi connectivity index (χ3n) is 10.5. The van der Waals surface area contributed by atoms with E-state index in [9.17, 15) is 45.6 Å². The highest BCUT2D eigenvalue weighted by Gasteiger charge is 2.50. The van der Waals surface area contributed by atoms with Gasteiger partial charge in [-0.1, -0.05) is 129 Å². The zero-order chi connectivity index (χ0) is 39.7. The Balaban J connectivity index is 1.95. The van der Waals surface area contributed by atoms with Crippen LogP contribution in [0.3, 0.4) is 0 Å². The van der Waals surface area contributed by atoms with Gasteiger partial charge < -0.3 is 65.1 Å². The van der Waals surface area contributed by atoms with Gasteiger partial charge in [0.2, 0.25) is 5.91 Å². The molecule has 14 heteroatoms. The zero-order valence-corrected chi connectivity index (χ0v) is 33.0. The van der Waals surface area contributed by atoms with Crippen molar-refractivity contribution in [2.45, 2.75) is 216 Å². The van der Waals surface area contributed by atoms with Gasteiger partial charge in [-0.25, -0.2) is 0 Å². The van der Waals surface area contributed by atoms with Gasteiger partial charge in [-0.3, -0.25) is 4.79 Å². The van der Waals surface area contributed by atoms with Crippen LogP contribution in [0.25, 0.3) is 0 Å². The molecule has 1 amide bonds. The molecular formula is C40H75NO13. The van der Waals surface area contributed by atoms with Gasteiger partial charge in [0.25, 0.3) is 0 Å². The number of aliphatic hydroxyl groups excluding tert-OH is 8. The monoisotopic (exact) mass is 778 g/mol. The fraction of sp³-hybridized carbons (Fsp3) is 0.925. The van der Waals surface area contributed by atoms with E-state index in [2.05, 4.69) is 19.2 Å². The van der Waals surface area contributed by atoms with Crippen LogP contribution in [0.1, 0.15) is 142 Å². The maximum Gasteiger partial charge on any atom is 0.220 e. The molecule has 54 heavy (non-hydrogen) atoms. The second-order valence-electron chi connectivity index (χ2n) is 15.1. The predicted octanol–water partition coefficient (Wildman–Crippen LogP) is 2.87. The Morgan fingerprint density at radius 3 is 1.70 bits per heavy atom. The van der Waals surface area contributed by atoms with Crippen molar-refractivity contribution < 1.29 is 64.6 Å². The van der Waals surface area contributed by atoms with Gasteiger partial charge in [-0.05, 0) is 19.3 Å². The largest absolute Gasteiger partial charge is 0.394 e. The van der Waals surface area contributed by atoms with E-state index in [1.165, 1.54) is 77.0 Å². The molecule has 14 nitrogen and oxygen atoms in total. The quantitative estimate of drug-likeness (QED) is 0.0378. The summed E-state index contributed by atoms with van der Waals surface area (Å²) in [4.78, 5) is 13.0. The molecular weight excluding hydrogens is 702 g/mol. The third-order valence-corrected chi connectivity index (χ3v) is 10.5. The summed E-state index contributed by atoms with van der Waals surface area (Å²) in [7, 11) is 0. The molecule has 2 heterocycles. The minimum absolute atomic E-state index is 0.246. The minimum atomic E-state index is -1.78. The summed E-state index contributed by atoms with van der Waals surface area (Å²) in [5, 5.41) is 86.1. The van der Waals surface area contributed by atoms with Crippen LogP contribution in [0.15, 0.2) is 12.2 Å². The average molecular weight is 778 g/mol. The van der Waals surface area contributed by atoms with Gasteiger partial charge in [0.05, 0.1) is 32.0 Å². The second-order valence-corrected chi connectivity index (χ2v) is 15.1. The van der Waals surface area contributed by atoms with Crippen molar-refractivity contribution in [3.05, 3.63) is 12.2 Å². The Kier molecular flexibility index (Phi) is 26.3. The number of hydrogen-bond donors (Lipinski definition) is 9. The van der Waals surface area contributed by atoms with E-state index in [1.54, 1.807) is 6.08 Å². The first kappa shape index (κ1) is 48.9. The fourth-order valence-electron chi connectivity index (χ4n) is 6.94. The zero-order valence-electron chi connectivity index (χ0n) is 33.0. The number of nitrogens with one attached hydrogen (secondary N) is 1. The summed E-state index contributed by atoms with van der Waals surface area (Å²) < 4.78 is 22.5. The first-order chi connectivity index (χ1) is 26.1. The Morgan fingerprint density at radius 2 is 1.15 bits per heavy atom. The molecule has 2 rings (SSSR count). The van der Waals surface area contributed by atoms with Crippen molar-refractivity contribution in [3.8, 4) is 0 Å². The maximum atomic E-state index is 13.0. The van der Waals surface area contributed by atoms with E-state index in [0.29, 0.717) is 6.42 Å². The molecule has 2 fully saturated rings. The van der Waals surface area contributed by atoms with Gasteiger partial charge in [-0.15, -0.1) is 0 Å². The summed E-state index contributed by atoms with van der Waals surface area (Å²) >= 11 is 0. The maximum absolute atomic E-state index is 13.0. The molecule has 0 spiro atoms. The molecule has 2 aliphatic heterocycles. The first-order valence-corrected chi connectivity index (χ1v) is 20.9. The summed E-state index contributed by atoms with van der Waals surface area (Å²) in [6, 6.07) is -0.904. The smallest absolute Gasteiger partial charge is 0.220 e. The standard InChI is InChI=1S/C40H75NO13/c1-3-5-7-9-11-13-14-16-17-19-21-23-29(44)28(41-32(45)24-22-20-18-15-12-10-8-6-4-2)27-51-39-37(50)35(48)38(31(26-43)53-39)54-40-36(49)34(47)33(46)30(25-42)52-40/h21,23,28-31,33-40,42-44,46-50H,3-20,22,24-27H2,1-2H3,(H,41,45)/b23-21+. The molecule has 9 N–H and O–H groups in total. The van der Waals surface area contributed by atoms with Crippen LogP contribution < -0.4 is 5.32 Å². The van der Waals surface area contributed by atoms with Crippen LogP contribution in [-0.4, -0.2) is 140 Å². The lowest BCUT2D eigenvalue weighted by atomic mass is 9.97. The fourth-order valence-corrected chi connectivity index (χ4v) is 6.94. The first-order valence-electron chi connectivity index (χ1n) is 20.9. The van der Waals surface area contributed by atoms with Crippen molar-refractivity contribution in [3.63, 3.8) is 0 Å². The van der Waals surface area contributed by atoms with E-state index < -0.39 is 86.8 Å². The van der Waals surface area contributed by atoms with E-state index in [1.807, 2.05) is 6.08 Å². The summed E-state index contributed by atoms with van der Waals surface area (Å²) in [5.74, 6) is -0.246. The number of carbonyl (C=O) groups excluding carboxylic acids is 1. The molecule has 2 aliphatic rings. The van der Waals surface area contributed by atoms with Crippen LogP contribution in [-0.2, 0) is 23.7 Å². The van der Waals surface area contributed by atoms with Crippen molar-refractivity contribution in [1.29, 1.82) is 0 Å². The Hall–Kier alpha value is -1.27. The number of carbonyl (C=O) groups is 1. The molecule has 0 aromatic heterocycles. The average Bonchev–Trinajstić information content (AvgIpc) is 3.17. The minimum Gasteiger partial charge on any atom is -0.394 e. The number of ether oxygens (including phenoxy) is 4. The number of aliphatic hydroxyl groups is 8. The SMILES string of the molecule is CCCCCCCCCCC/C=C/C(O)C(COC1OC(CO)C(OC2OC(CO)C(O)C(O)C2O)C(O)C1O)NC(=O)CCCCCCCCCCC. The number of allylic oxidation sites excluding steroid dienone is 1. The van der Waals surface area contributed by atoms with Gasteiger partial charge in [0.1, 0.15) is 48.8 Å². The highest BCUT2D eigenvalue weighted by Crippen LogP contribution is 2.30. The van der Waals surface area contributed by atoms with Crippen molar-refractivity contribution in [1.82, 2.24) is 5.32 Å². The van der Waals surface area contributed by atoms with Crippen LogP contribution in [0.4, 0.5) is 0 Å². The lowest BCUT2D eigenvalue weighted by Gasteiger charge is -2.46. The molecule has 12 atom stereocenters. The van der Waals surface area contributed by atoms with Gasteiger partial charge in [0, 0.05) is 6.42 Å². The lowest BCUT2D eigenvalue weighted by Crippen LogP contribution is -2.65. The Bertz CT molecular complexity index is 972. The second kappa shape index (κ2) is 29.0. The highest BCUT2D eigenvalue weighted by molar-refractivity contribution is 5.76. The van der Waals surface area contributed by atoms with Crippen molar-refractivity contribution in [2.24, 2.45) is 0 Å². The van der Waals surface area contributed by atoms with Gasteiger partial charge in [0.15, 0.2) is 12.6 Å². The molecule has 0 aromatic carbocycles. The molecule has 0 aromatic rings. The topological polar surface area (TPSA) is 228 Å².